The predicted molar refractivity (Wildman–Crippen MR) is 98.2 cm³/mol. The van der Waals surface area contributed by atoms with Gasteiger partial charge in [-0.1, -0.05) is 25.0 Å². The highest BCUT2D eigenvalue weighted by molar-refractivity contribution is 5.93. The zero-order valence-corrected chi connectivity index (χ0v) is 14.3. The Balaban J connectivity index is 1.48. The van der Waals surface area contributed by atoms with Crippen LogP contribution in [-0.2, 0) is 17.6 Å². The average molecular weight is 328 g/mol. The van der Waals surface area contributed by atoms with Crippen molar-refractivity contribution >= 4 is 17.6 Å². The third-order valence-electron chi connectivity index (χ3n) is 5.00. The summed E-state index contributed by atoms with van der Waals surface area (Å²) in [5, 5.41) is 6.29. The Labute approximate surface area is 144 Å². The molecule has 0 unspecified atom stereocenters. The van der Waals surface area contributed by atoms with Crippen LogP contribution in [0, 0.1) is 0 Å². The van der Waals surface area contributed by atoms with Gasteiger partial charge < -0.3 is 16.4 Å². The summed E-state index contributed by atoms with van der Waals surface area (Å²) >= 11 is 0. The monoisotopic (exact) mass is 328 g/mol. The van der Waals surface area contributed by atoms with Crippen molar-refractivity contribution in [1.82, 2.24) is 5.32 Å². The van der Waals surface area contributed by atoms with Crippen molar-refractivity contribution < 1.29 is 4.79 Å². The highest BCUT2D eigenvalue weighted by atomic mass is 16.1. The Morgan fingerprint density at radius 1 is 1.17 bits per heavy atom. The molecule has 24 heavy (non-hydrogen) atoms. The van der Waals surface area contributed by atoms with E-state index < -0.39 is 0 Å². The molecule has 4 N–H and O–H groups in total. The number of nitrogens with zero attached hydrogens (tertiary/aromatic N) is 1. The Kier molecular flexibility index (Phi) is 5.72. The Bertz CT molecular complexity index is 605. The van der Waals surface area contributed by atoms with Crippen molar-refractivity contribution in [3.63, 3.8) is 0 Å². The van der Waals surface area contributed by atoms with Crippen LogP contribution in [0.1, 0.15) is 56.1 Å². The number of amides is 1. The number of carbonyl (C=O) groups excluding carboxylic acids is 1. The fraction of sp³-hybridized carbons (Fsp3) is 0.579. The zero-order valence-electron chi connectivity index (χ0n) is 14.3. The largest absolute Gasteiger partial charge is 0.370 e. The van der Waals surface area contributed by atoms with Gasteiger partial charge in [-0.05, 0) is 55.7 Å². The summed E-state index contributed by atoms with van der Waals surface area (Å²) in [4.78, 5) is 16.2. The minimum atomic E-state index is 0.0792. The van der Waals surface area contributed by atoms with Crippen LogP contribution in [0.3, 0.4) is 0 Å². The smallest absolute Gasteiger partial charge is 0.222 e. The van der Waals surface area contributed by atoms with Gasteiger partial charge >= 0.3 is 0 Å². The van der Waals surface area contributed by atoms with Gasteiger partial charge in [0, 0.05) is 18.2 Å². The number of benzene rings is 1. The maximum absolute atomic E-state index is 11.9. The molecule has 3 rings (SSSR count). The van der Waals surface area contributed by atoms with Gasteiger partial charge in [-0.15, -0.1) is 0 Å². The lowest BCUT2D eigenvalue weighted by Crippen LogP contribution is -2.33. The van der Waals surface area contributed by atoms with Crippen LogP contribution in [-0.4, -0.2) is 24.5 Å². The van der Waals surface area contributed by atoms with Crippen molar-refractivity contribution in [2.75, 3.05) is 11.9 Å². The number of hydrogen-bond donors (Lipinski definition) is 3. The minimum Gasteiger partial charge on any atom is -0.370 e. The number of nitrogens with two attached hydrogens (primary N) is 1. The fourth-order valence-electron chi connectivity index (χ4n) is 3.72. The van der Waals surface area contributed by atoms with Crippen LogP contribution >= 0.6 is 0 Å². The van der Waals surface area contributed by atoms with Crippen molar-refractivity contribution in [1.29, 1.82) is 0 Å². The van der Waals surface area contributed by atoms with Gasteiger partial charge in [0.1, 0.15) is 0 Å². The second kappa shape index (κ2) is 8.18. The first-order valence-corrected chi connectivity index (χ1v) is 9.19. The van der Waals surface area contributed by atoms with Crippen LogP contribution in [0.25, 0.3) is 0 Å². The third-order valence-corrected chi connectivity index (χ3v) is 5.00. The molecule has 1 aromatic rings. The number of anilines is 1. The molecule has 0 spiro atoms. The van der Waals surface area contributed by atoms with Gasteiger partial charge in [0.2, 0.25) is 5.91 Å². The van der Waals surface area contributed by atoms with Gasteiger partial charge in [0.15, 0.2) is 5.96 Å². The quantitative estimate of drug-likeness (QED) is 0.574. The molecule has 1 fully saturated rings. The lowest BCUT2D eigenvalue weighted by atomic mass is 9.90. The summed E-state index contributed by atoms with van der Waals surface area (Å²) in [6, 6.07) is 6.68. The van der Waals surface area contributed by atoms with Crippen molar-refractivity contribution in [3.8, 4) is 0 Å². The molecule has 2 aliphatic rings. The van der Waals surface area contributed by atoms with E-state index in [-0.39, 0.29) is 5.91 Å². The Hall–Kier alpha value is -2.04. The number of guanidine groups is 1. The molecule has 1 aromatic carbocycles. The van der Waals surface area contributed by atoms with E-state index >= 15 is 0 Å². The van der Waals surface area contributed by atoms with Crippen LogP contribution < -0.4 is 16.4 Å². The zero-order chi connectivity index (χ0) is 16.8. The van der Waals surface area contributed by atoms with Crippen LogP contribution in [0.2, 0.25) is 0 Å². The number of aliphatic imine (C=N–C) groups is 1. The van der Waals surface area contributed by atoms with Crippen LogP contribution in [0.5, 0.6) is 0 Å². The number of nitrogens with one attached hydrogen (secondary N) is 2. The lowest BCUT2D eigenvalue weighted by molar-refractivity contribution is -0.121. The maximum Gasteiger partial charge on any atom is 0.222 e. The molecule has 1 amide bonds. The number of carbonyl (C=O) groups is 1. The first-order valence-electron chi connectivity index (χ1n) is 9.19. The van der Waals surface area contributed by atoms with E-state index in [1.165, 1.54) is 36.8 Å². The summed E-state index contributed by atoms with van der Waals surface area (Å²) in [5.74, 6) is 0.471. The lowest BCUT2D eigenvalue weighted by Gasteiger charge is -2.19. The third kappa shape index (κ3) is 4.49. The second-order valence-electron chi connectivity index (χ2n) is 6.84. The molecular weight excluding hydrogens is 300 g/mol. The van der Waals surface area contributed by atoms with E-state index in [1.807, 2.05) is 0 Å². The van der Waals surface area contributed by atoms with Crippen LogP contribution in [0.4, 0.5) is 5.69 Å². The molecule has 1 saturated carbocycles. The fourth-order valence-corrected chi connectivity index (χ4v) is 3.72. The molecule has 0 bridgehead atoms. The standard InChI is InChI=1S/C19H28N4O/c20-19(21-13-12-18(24)22-15-8-2-3-9-15)23-17-11-5-7-14-6-1-4-10-16(14)17/h5,7,11,15H,1-4,6,8-10,12-13H2,(H,22,24)(H3,20,21,23). The molecule has 5 heteroatoms. The molecule has 0 aromatic heterocycles. The first kappa shape index (κ1) is 16.8. The highest BCUT2D eigenvalue weighted by Gasteiger charge is 2.16. The van der Waals surface area contributed by atoms with Gasteiger partial charge in [-0.3, -0.25) is 9.79 Å². The first-order chi connectivity index (χ1) is 11.7. The second-order valence-corrected chi connectivity index (χ2v) is 6.84. The average Bonchev–Trinajstić information content (AvgIpc) is 3.08. The summed E-state index contributed by atoms with van der Waals surface area (Å²) in [7, 11) is 0. The summed E-state index contributed by atoms with van der Waals surface area (Å²) < 4.78 is 0. The van der Waals surface area contributed by atoms with E-state index in [0.717, 1.165) is 31.4 Å². The van der Waals surface area contributed by atoms with E-state index in [2.05, 4.69) is 33.8 Å². The number of rotatable bonds is 5. The van der Waals surface area contributed by atoms with Gasteiger partial charge in [0.05, 0.1) is 6.54 Å². The van der Waals surface area contributed by atoms with Crippen LogP contribution in [0.15, 0.2) is 23.2 Å². The van der Waals surface area contributed by atoms with Gasteiger partial charge in [0.25, 0.3) is 0 Å². The molecular formula is C19H28N4O. The number of fused-ring (bicyclic) bond motifs is 1. The minimum absolute atomic E-state index is 0.0792. The maximum atomic E-state index is 11.9. The molecule has 0 aliphatic heterocycles. The van der Waals surface area contributed by atoms with Crippen molar-refractivity contribution in [3.05, 3.63) is 29.3 Å². The molecule has 0 atom stereocenters. The van der Waals surface area contributed by atoms with E-state index in [0.29, 0.717) is 25.0 Å². The highest BCUT2D eigenvalue weighted by Crippen LogP contribution is 2.27. The van der Waals surface area contributed by atoms with Crippen molar-refractivity contribution in [2.45, 2.75) is 63.8 Å². The molecule has 0 heterocycles. The summed E-state index contributed by atoms with van der Waals surface area (Å²) in [5.41, 5.74) is 9.83. The topological polar surface area (TPSA) is 79.5 Å². The van der Waals surface area contributed by atoms with E-state index in [1.54, 1.807) is 0 Å². The van der Waals surface area contributed by atoms with E-state index in [4.69, 9.17) is 5.73 Å². The molecule has 5 nitrogen and oxygen atoms in total. The predicted octanol–water partition coefficient (Wildman–Crippen LogP) is 2.74. The summed E-state index contributed by atoms with van der Waals surface area (Å²) in [6.45, 7) is 0.423. The SMILES string of the molecule is NC(=NCCC(=O)NC1CCCC1)Nc1cccc2c1CCCC2. The normalized spacial score (nSPS) is 18.2. The molecule has 2 aliphatic carbocycles. The van der Waals surface area contributed by atoms with Gasteiger partial charge in [-0.2, -0.15) is 0 Å². The molecule has 130 valence electrons. The van der Waals surface area contributed by atoms with E-state index in [9.17, 15) is 4.79 Å². The molecule has 0 radical (unpaired) electrons. The molecule has 0 saturated heterocycles. The Morgan fingerprint density at radius 3 is 2.79 bits per heavy atom. The Morgan fingerprint density at radius 2 is 1.96 bits per heavy atom. The van der Waals surface area contributed by atoms with Crippen molar-refractivity contribution in [2.24, 2.45) is 10.7 Å². The number of hydrogen-bond acceptors (Lipinski definition) is 2. The summed E-state index contributed by atoms with van der Waals surface area (Å²) in [6.07, 6.45) is 9.78. The number of aryl methyl sites for hydroxylation is 1. The van der Waals surface area contributed by atoms with Gasteiger partial charge in [-0.25, -0.2) is 0 Å².